The Labute approximate surface area is 225 Å². The third kappa shape index (κ3) is 4.73. The molecule has 0 aromatic heterocycles. The summed E-state index contributed by atoms with van der Waals surface area (Å²) in [6.45, 7) is 7.51. The van der Waals surface area contributed by atoms with Gasteiger partial charge in [-0.2, -0.15) is 0 Å². The maximum atomic E-state index is 14.0. The Kier molecular flexibility index (Phi) is 8.20. The van der Waals surface area contributed by atoms with Crippen LogP contribution >= 0.6 is 0 Å². The van der Waals surface area contributed by atoms with Crippen LogP contribution in [0, 0.1) is 28.6 Å². The zero-order valence-electron chi connectivity index (χ0n) is 23.3. The molecule has 0 radical (unpaired) electrons. The molecule has 0 heterocycles. The zero-order chi connectivity index (χ0) is 27.7. The van der Waals surface area contributed by atoms with Gasteiger partial charge in [-0.1, -0.05) is 39.7 Å². The Morgan fingerprint density at radius 1 is 1.00 bits per heavy atom. The van der Waals surface area contributed by atoms with Gasteiger partial charge in [0.15, 0.2) is 18.0 Å². The molecule has 0 bridgehead atoms. The molecule has 8 nitrogen and oxygen atoms in total. The van der Waals surface area contributed by atoms with E-state index in [1.165, 1.54) is 0 Å². The van der Waals surface area contributed by atoms with Crippen LogP contribution < -0.4 is 0 Å². The summed E-state index contributed by atoms with van der Waals surface area (Å²) in [5, 5.41) is 0. The second-order valence-electron chi connectivity index (χ2n) is 12.2. The SMILES string of the molecule is CCCCOC(=O)O[C@]1(C(=O)COC(=O)CCC)CC[C@H]2[C@@H]3CCC4=CC(=O)CC[C@]4(C)[C@H]3C(=O)C[C@@]21C. The number of hydrogen-bond acceptors (Lipinski definition) is 8. The molecule has 0 aliphatic heterocycles. The summed E-state index contributed by atoms with van der Waals surface area (Å²) in [4.78, 5) is 64.9. The summed E-state index contributed by atoms with van der Waals surface area (Å²) in [6.07, 6.45) is 6.70. The number of esters is 1. The van der Waals surface area contributed by atoms with Gasteiger partial charge in [0, 0.05) is 30.6 Å². The highest BCUT2D eigenvalue weighted by molar-refractivity contribution is 5.96. The molecule has 4 aliphatic carbocycles. The summed E-state index contributed by atoms with van der Waals surface area (Å²) in [7, 11) is 0. The molecule has 8 heteroatoms. The second-order valence-corrected chi connectivity index (χ2v) is 12.2. The molecule has 3 fully saturated rings. The van der Waals surface area contributed by atoms with Crippen molar-refractivity contribution in [3.8, 4) is 0 Å². The van der Waals surface area contributed by atoms with Crippen molar-refractivity contribution < 1.29 is 38.2 Å². The van der Waals surface area contributed by atoms with Crippen molar-refractivity contribution in [1.29, 1.82) is 0 Å². The van der Waals surface area contributed by atoms with Gasteiger partial charge in [0.25, 0.3) is 0 Å². The lowest BCUT2D eigenvalue weighted by atomic mass is 9.46. The highest BCUT2D eigenvalue weighted by Gasteiger charge is 2.71. The second kappa shape index (κ2) is 10.9. The molecule has 210 valence electrons. The van der Waals surface area contributed by atoms with Gasteiger partial charge in [-0.25, -0.2) is 4.79 Å². The standard InChI is InChI=1S/C30H42O8/c1-5-7-15-36-27(35)38-30(24(33)18-37-25(34)8-6-2)14-12-22-21-10-9-19-16-20(31)11-13-28(19,3)26(21)23(32)17-29(22,30)4/h16,21-22,26H,5-15,17-18H2,1-4H3/t21-,22-,26+,28-,29-,30-/m0/s1. The molecule has 0 amide bonds. The van der Waals surface area contributed by atoms with E-state index in [1.54, 1.807) is 6.08 Å². The predicted octanol–water partition coefficient (Wildman–Crippen LogP) is 5.30. The van der Waals surface area contributed by atoms with E-state index in [9.17, 15) is 24.0 Å². The first-order valence-corrected chi connectivity index (χ1v) is 14.3. The van der Waals surface area contributed by atoms with Gasteiger partial charge >= 0.3 is 12.1 Å². The first-order chi connectivity index (χ1) is 18.0. The van der Waals surface area contributed by atoms with Crippen molar-refractivity contribution in [2.24, 2.45) is 28.6 Å². The van der Waals surface area contributed by atoms with Crippen LogP contribution in [-0.2, 0) is 33.4 Å². The normalized spacial score (nSPS) is 35.9. The topological polar surface area (TPSA) is 113 Å². The van der Waals surface area contributed by atoms with Crippen LogP contribution in [-0.4, -0.2) is 48.3 Å². The lowest BCUT2D eigenvalue weighted by Gasteiger charge is -2.57. The van der Waals surface area contributed by atoms with Crippen LogP contribution in [0.3, 0.4) is 0 Å². The van der Waals surface area contributed by atoms with E-state index in [2.05, 4.69) is 6.92 Å². The van der Waals surface area contributed by atoms with Gasteiger partial charge in [0.05, 0.1) is 6.61 Å². The number of carbonyl (C=O) groups excluding carboxylic acids is 5. The van der Waals surface area contributed by atoms with E-state index in [1.807, 2.05) is 20.8 Å². The van der Waals surface area contributed by atoms with Crippen molar-refractivity contribution in [3.05, 3.63) is 11.6 Å². The number of allylic oxidation sites excluding steroid dienone is 1. The quantitative estimate of drug-likeness (QED) is 0.291. The average Bonchev–Trinajstić information content (AvgIpc) is 3.15. The maximum Gasteiger partial charge on any atom is 0.509 e. The minimum absolute atomic E-state index is 0.0219. The number of hydrogen-bond donors (Lipinski definition) is 0. The molecular weight excluding hydrogens is 488 g/mol. The number of unbranched alkanes of at least 4 members (excludes halogenated alkanes) is 1. The lowest BCUT2D eigenvalue weighted by Crippen LogP contribution is -2.62. The fourth-order valence-corrected chi connectivity index (χ4v) is 8.06. The third-order valence-electron chi connectivity index (χ3n) is 10.0. The van der Waals surface area contributed by atoms with E-state index < -0.39 is 35.5 Å². The number of rotatable bonds is 9. The molecule has 6 atom stereocenters. The summed E-state index contributed by atoms with van der Waals surface area (Å²) in [5.74, 6) is -1.01. The van der Waals surface area contributed by atoms with Gasteiger partial charge in [-0.3, -0.25) is 19.2 Å². The maximum absolute atomic E-state index is 14.0. The van der Waals surface area contributed by atoms with Crippen LogP contribution in [0.4, 0.5) is 4.79 Å². The number of ketones is 3. The number of Topliss-reactive ketones (excluding diaryl/α,β-unsaturated/α-hetero) is 2. The summed E-state index contributed by atoms with van der Waals surface area (Å²) in [6, 6.07) is 0. The Morgan fingerprint density at radius 3 is 2.47 bits per heavy atom. The van der Waals surface area contributed by atoms with Crippen molar-refractivity contribution >= 4 is 29.5 Å². The first kappa shape index (κ1) is 28.5. The van der Waals surface area contributed by atoms with Gasteiger partial charge in [0.2, 0.25) is 5.78 Å². The summed E-state index contributed by atoms with van der Waals surface area (Å²) < 4.78 is 16.5. The molecular formula is C30H42O8. The molecule has 3 saturated carbocycles. The third-order valence-corrected chi connectivity index (χ3v) is 10.0. The van der Waals surface area contributed by atoms with Gasteiger partial charge in [0.1, 0.15) is 5.78 Å². The van der Waals surface area contributed by atoms with E-state index >= 15 is 0 Å². The fraction of sp³-hybridized carbons (Fsp3) is 0.767. The fourth-order valence-electron chi connectivity index (χ4n) is 8.06. The highest BCUT2D eigenvalue weighted by atomic mass is 16.7. The van der Waals surface area contributed by atoms with Gasteiger partial charge in [-0.15, -0.1) is 0 Å². The zero-order valence-corrected chi connectivity index (χ0v) is 23.3. The van der Waals surface area contributed by atoms with E-state index in [4.69, 9.17) is 14.2 Å². The number of fused-ring (bicyclic) bond motifs is 5. The van der Waals surface area contributed by atoms with Crippen LogP contribution in [0.15, 0.2) is 11.6 Å². The van der Waals surface area contributed by atoms with Crippen molar-refractivity contribution in [2.75, 3.05) is 13.2 Å². The Hall–Kier alpha value is -2.51. The minimum Gasteiger partial charge on any atom is -0.457 e. The largest absolute Gasteiger partial charge is 0.509 e. The minimum atomic E-state index is -1.60. The lowest BCUT2D eigenvalue weighted by molar-refractivity contribution is -0.177. The molecule has 0 aromatic carbocycles. The Morgan fingerprint density at radius 2 is 1.76 bits per heavy atom. The molecule has 0 saturated heterocycles. The van der Waals surface area contributed by atoms with Crippen LogP contribution in [0.25, 0.3) is 0 Å². The van der Waals surface area contributed by atoms with Gasteiger partial charge in [-0.05, 0) is 68.3 Å². The highest BCUT2D eigenvalue weighted by Crippen LogP contribution is 2.67. The van der Waals surface area contributed by atoms with Crippen LogP contribution in [0.2, 0.25) is 0 Å². The first-order valence-electron chi connectivity index (χ1n) is 14.3. The van der Waals surface area contributed by atoms with E-state index in [-0.39, 0.29) is 60.6 Å². The molecule has 38 heavy (non-hydrogen) atoms. The van der Waals surface area contributed by atoms with Crippen molar-refractivity contribution in [2.45, 2.75) is 104 Å². The molecule has 0 spiro atoms. The molecule has 0 unspecified atom stereocenters. The van der Waals surface area contributed by atoms with Crippen LogP contribution in [0.1, 0.15) is 98.3 Å². The molecule has 4 aliphatic rings. The summed E-state index contributed by atoms with van der Waals surface area (Å²) >= 11 is 0. The number of ether oxygens (including phenoxy) is 3. The predicted molar refractivity (Wildman–Crippen MR) is 138 cm³/mol. The average molecular weight is 531 g/mol. The monoisotopic (exact) mass is 530 g/mol. The molecule has 4 rings (SSSR count). The van der Waals surface area contributed by atoms with Gasteiger partial charge < -0.3 is 14.2 Å². The van der Waals surface area contributed by atoms with Crippen molar-refractivity contribution in [3.63, 3.8) is 0 Å². The smallest absolute Gasteiger partial charge is 0.457 e. The van der Waals surface area contributed by atoms with E-state index in [0.717, 1.165) is 24.8 Å². The van der Waals surface area contributed by atoms with Crippen molar-refractivity contribution in [1.82, 2.24) is 0 Å². The number of carbonyl (C=O) groups is 5. The Balaban J connectivity index is 1.66. The molecule has 0 aromatic rings. The van der Waals surface area contributed by atoms with Crippen LogP contribution in [0.5, 0.6) is 0 Å². The summed E-state index contributed by atoms with van der Waals surface area (Å²) in [5.41, 5.74) is -1.83. The Bertz CT molecular complexity index is 1030. The van der Waals surface area contributed by atoms with E-state index in [0.29, 0.717) is 32.1 Å². The molecule has 0 N–H and O–H groups in total.